The number of rotatable bonds is 8. The van der Waals surface area contributed by atoms with E-state index in [9.17, 15) is 4.79 Å². The molecule has 122 valence electrons. The third-order valence-electron chi connectivity index (χ3n) is 3.52. The number of carbonyl (C=O) groups excluding carboxylic acids is 1. The van der Waals surface area contributed by atoms with Gasteiger partial charge >= 0.3 is 0 Å². The van der Waals surface area contributed by atoms with Gasteiger partial charge in [-0.2, -0.15) is 0 Å². The second-order valence-corrected chi connectivity index (χ2v) is 5.53. The van der Waals surface area contributed by atoms with Crippen molar-refractivity contribution in [3.05, 3.63) is 35.4 Å². The largest absolute Gasteiger partial charge is 0.366 e. The highest BCUT2D eigenvalue weighted by molar-refractivity contribution is 5.92. The molecular formula is C17H28N4O. The molecule has 1 aromatic carbocycles. The third-order valence-corrected chi connectivity index (χ3v) is 3.52. The first-order valence-corrected chi connectivity index (χ1v) is 7.92. The standard InChI is InChI=1S/C17H28N4O/c1-4-5-6-8-13(2)21-17(19-3)20-12-14-9-7-10-15(11-14)16(18)22/h7,9-11,13H,4-6,8,12H2,1-3H3,(H2,18,22)(H2,19,20,21). The van der Waals surface area contributed by atoms with Gasteiger partial charge in [0.05, 0.1) is 0 Å². The van der Waals surface area contributed by atoms with Crippen molar-refractivity contribution in [1.82, 2.24) is 10.6 Å². The normalized spacial score (nSPS) is 12.8. The Hall–Kier alpha value is -2.04. The highest BCUT2D eigenvalue weighted by Crippen LogP contribution is 2.05. The predicted molar refractivity (Wildman–Crippen MR) is 91.9 cm³/mol. The summed E-state index contributed by atoms with van der Waals surface area (Å²) in [5, 5.41) is 6.64. The van der Waals surface area contributed by atoms with E-state index in [2.05, 4.69) is 29.5 Å². The molecular weight excluding hydrogens is 276 g/mol. The fraction of sp³-hybridized carbons (Fsp3) is 0.529. The van der Waals surface area contributed by atoms with Crippen molar-refractivity contribution in [1.29, 1.82) is 0 Å². The minimum absolute atomic E-state index is 0.384. The molecule has 5 heteroatoms. The number of hydrogen-bond acceptors (Lipinski definition) is 2. The third kappa shape index (κ3) is 6.61. The molecule has 4 N–H and O–H groups in total. The number of unbranched alkanes of at least 4 members (excludes halogenated alkanes) is 2. The van der Waals surface area contributed by atoms with Crippen LogP contribution in [0.4, 0.5) is 0 Å². The zero-order chi connectivity index (χ0) is 16.4. The van der Waals surface area contributed by atoms with Crippen molar-refractivity contribution >= 4 is 11.9 Å². The van der Waals surface area contributed by atoms with Gasteiger partial charge in [-0.15, -0.1) is 0 Å². The lowest BCUT2D eigenvalue weighted by atomic mass is 10.1. The molecule has 0 saturated heterocycles. The van der Waals surface area contributed by atoms with Gasteiger partial charge in [-0.1, -0.05) is 38.3 Å². The number of benzene rings is 1. The summed E-state index contributed by atoms with van der Waals surface area (Å²) < 4.78 is 0. The summed E-state index contributed by atoms with van der Waals surface area (Å²) in [6, 6.07) is 7.69. The zero-order valence-corrected chi connectivity index (χ0v) is 13.9. The Morgan fingerprint density at radius 1 is 1.36 bits per heavy atom. The van der Waals surface area contributed by atoms with E-state index in [1.54, 1.807) is 19.2 Å². The molecule has 0 aromatic heterocycles. The van der Waals surface area contributed by atoms with Crippen LogP contribution in [-0.2, 0) is 6.54 Å². The Balaban J connectivity index is 2.47. The van der Waals surface area contributed by atoms with E-state index in [0.29, 0.717) is 18.2 Å². The van der Waals surface area contributed by atoms with Crippen LogP contribution in [0.5, 0.6) is 0 Å². The smallest absolute Gasteiger partial charge is 0.248 e. The molecule has 5 nitrogen and oxygen atoms in total. The average molecular weight is 304 g/mol. The van der Waals surface area contributed by atoms with Crippen LogP contribution < -0.4 is 16.4 Å². The topological polar surface area (TPSA) is 79.5 Å². The Bertz CT molecular complexity index is 499. The second-order valence-electron chi connectivity index (χ2n) is 5.53. The fourth-order valence-electron chi connectivity index (χ4n) is 2.22. The molecule has 0 bridgehead atoms. The molecule has 0 spiro atoms. The van der Waals surface area contributed by atoms with Crippen molar-refractivity contribution in [3.8, 4) is 0 Å². The van der Waals surface area contributed by atoms with E-state index in [1.807, 2.05) is 12.1 Å². The van der Waals surface area contributed by atoms with Gasteiger partial charge in [-0.25, -0.2) is 0 Å². The molecule has 1 amide bonds. The van der Waals surface area contributed by atoms with Crippen LogP contribution in [0.3, 0.4) is 0 Å². The van der Waals surface area contributed by atoms with Crippen molar-refractivity contribution < 1.29 is 4.79 Å². The number of aliphatic imine (C=N–C) groups is 1. The van der Waals surface area contributed by atoms with Crippen molar-refractivity contribution in [2.45, 2.75) is 52.1 Å². The molecule has 1 unspecified atom stereocenters. The van der Waals surface area contributed by atoms with Gasteiger partial charge in [-0.3, -0.25) is 9.79 Å². The van der Waals surface area contributed by atoms with E-state index in [-0.39, 0.29) is 0 Å². The summed E-state index contributed by atoms with van der Waals surface area (Å²) in [6.45, 7) is 4.97. The monoisotopic (exact) mass is 304 g/mol. The summed E-state index contributed by atoms with van der Waals surface area (Å²) in [5.41, 5.74) is 6.81. The number of primary amides is 1. The van der Waals surface area contributed by atoms with Crippen molar-refractivity contribution in [2.24, 2.45) is 10.7 Å². The van der Waals surface area contributed by atoms with E-state index in [4.69, 9.17) is 5.73 Å². The molecule has 0 radical (unpaired) electrons. The molecule has 1 atom stereocenters. The number of nitrogens with one attached hydrogen (secondary N) is 2. The number of nitrogens with two attached hydrogens (primary N) is 1. The number of amides is 1. The lowest BCUT2D eigenvalue weighted by molar-refractivity contribution is 0.1000. The Kier molecular flexibility index (Phi) is 8.04. The molecule has 0 saturated carbocycles. The maximum Gasteiger partial charge on any atom is 0.248 e. The summed E-state index contributed by atoms with van der Waals surface area (Å²) in [5.74, 6) is 0.363. The number of hydrogen-bond donors (Lipinski definition) is 3. The van der Waals surface area contributed by atoms with Crippen LogP contribution in [0, 0.1) is 0 Å². The first kappa shape index (κ1) is 18.0. The van der Waals surface area contributed by atoms with E-state index < -0.39 is 5.91 Å². The average Bonchev–Trinajstić information content (AvgIpc) is 2.52. The van der Waals surface area contributed by atoms with Crippen LogP contribution in [0.15, 0.2) is 29.3 Å². The van der Waals surface area contributed by atoms with Gasteiger partial charge in [0, 0.05) is 25.2 Å². The zero-order valence-electron chi connectivity index (χ0n) is 13.9. The molecule has 0 heterocycles. The van der Waals surface area contributed by atoms with Gasteiger partial charge < -0.3 is 16.4 Å². The first-order valence-electron chi connectivity index (χ1n) is 7.92. The Labute approximate surface area is 133 Å². The first-order chi connectivity index (χ1) is 10.6. The Morgan fingerprint density at radius 3 is 2.77 bits per heavy atom. The summed E-state index contributed by atoms with van der Waals surface area (Å²) in [7, 11) is 1.76. The minimum atomic E-state index is -0.408. The number of carbonyl (C=O) groups is 1. The maximum atomic E-state index is 11.2. The van der Waals surface area contributed by atoms with E-state index in [1.165, 1.54) is 19.3 Å². The SMILES string of the molecule is CCCCCC(C)NC(=NC)NCc1cccc(C(N)=O)c1. The second kappa shape index (κ2) is 9.82. The lowest BCUT2D eigenvalue weighted by Crippen LogP contribution is -2.41. The maximum absolute atomic E-state index is 11.2. The van der Waals surface area contributed by atoms with Crippen LogP contribution in [0.25, 0.3) is 0 Å². The van der Waals surface area contributed by atoms with Crippen LogP contribution in [0.1, 0.15) is 55.5 Å². The van der Waals surface area contributed by atoms with Gasteiger partial charge in [0.1, 0.15) is 0 Å². The minimum Gasteiger partial charge on any atom is -0.366 e. The number of guanidine groups is 1. The summed E-state index contributed by atoms with van der Waals surface area (Å²) >= 11 is 0. The molecule has 1 rings (SSSR count). The highest BCUT2D eigenvalue weighted by atomic mass is 16.1. The van der Waals surface area contributed by atoms with Crippen molar-refractivity contribution in [2.75, 3.05) is 7.05 Å². The van der Waals surface area contributed by atoms with Gasteiger partial charge in [0.25, 0.3) is 0 Å². The molecule has 22 heavy (non-hydrogen) atoms. The molecule has 0 aliphatic rings. The highest BCUT2D eigenvalue weighted by Gasteiger charge is 2.06. The van der Waals surface area contributed by atoms with E-state index in [0.717, 1.165) is 17.9 Å². The van der Waals surface area contributed by atoms with Gasteiger partial charge in [-0.05, 0) is 31.0 Å². The van der Waals surface area contributed by atoms with Crippen molar-refractivity contribution in [3.63, 3.8) is 0 Å². The Morgan fingerprint density at radius 2 is 2.14 bits per heavy atom. The predicted octanol–water partition coefficient (Wildman–Crippen LogP) is 2.42. The quantitative estimate of drug-likeness (QED) is 0.392. The fourth-order valence-corrected chi connectivity index (χ4v) is 2.22. The summed E-state index contributed by atoms with van der Waals surface area (Å²) in [6.07, 6.45) is 4.85. The molecule has 0 fully saturated rings. The molecule has 1 aromatic rings. The molecule has 0 aliphatic heterocycles. The number of nitrogens with zero attached hydrogens (tertiary/aromatic N) is 1. The van der Waals surface area contributed by atoms with Crippen LogP contribution >= 0.6 is 0 Å². The van der Waals surface area contributed by atoms with Crippen LogP contribution in [-0.4, -0.2) is 25.0 Å². The van der Waals surface area contributed by atoms with Gasteiger partial charge in [0.15, 0.2) is 5.96 Å². The summed E-state index contributed by atoms with van der Waals surface area (Å²) in [4.78, 5) is 15.4. The lowest BCUT2D eigenvalue weighted by Gasteiger charge is -2.18. The van der Waals surface area contributed by atoms with E-state index >= 15 is 0 Å². The van der Waals surface area contributed by atoms with Gasteiger partial charge in [0.2, 0.25) is 5.91 Å². The molecule has 0 aliphatic carbocycles. The van der Waals surface area contributed by atoms with Crippen LogP contribution in [0.2, 0.25) is 0 Å².